The van der Waals surface area contributed by atoms with E-state index in [2.05, 4.69) is 18.8 Å². The highest BCUT2D eigenvalue weighted by Gasteiger charge is 2.19. The molecule has 0 aliphatic carbocycles. The average Bonchev–Trinajstić information content (AvgIpc) is 2.43. The van der Waals surface area contributed by atoms with E-state index < -0.39 is 10.0 Å². The molecule has 4 nitrogen and oxygen atoms in total. The molecule has 0 atom stereocenters. The van der Waals surface area contributed by atoms with Crippen LogP contribution in [0.5, 0.6) is 0 Å². The smallest absolute Gasteiger partial charge is 0.218 e. The molecule has 0 saturated carbocycles. The summed E-state index contributed by atoms with van der Waals surface area (Å²) in [5.74, 6) is 0.0379. The minimum Gasteiger partial charge on any atom is -0.313 e. The van der Waals surface area contributed by atoms with Crippen molar-refractivity contribution in [3.63, 3.8) is 0 Å². The van der Waals surface area contributed by atoms with Gasteiger partial charge in [0, 0.05) is 19.6 Å². The van der Waals surface area contributed by atoms with Crippen LogP contribution in [0.4, 0.5) is 0 Å². The summed E-state index contributed by atoms with van der Waals surface area (Å²) >= 11 is 0. The number of sulfonamides is 1. The number of hydrogen-bond acceptors (Lipinski definition) is 3. The first-order chi connectivity index (χ1) is 9.53. The van der Waals surface area contributed by atoms with E-state index in [0.717, 1.165) is 24.2 Å². The normalized spacial score (nSPS) is 11.8. The lowest BCUT2D eigenvalue weighted by Crippen LogP contribution is -2.32. The molecular formula is C15H24N2O2S. The van der Waals surface area contributed by atoms with Crippen LogP contribution < -0.4 is 5.32 Å². The summed E-state index contributed by atoms with van der Waals surface area (Å²) in [7, 11) is -3.27. The zero-order chi connectivity index (χ0) is 15.0. The molecule has 0 bridgehead atoms. The minimum absolute atomic E-state index is 0.0379. The molecule has 0 aliphatic heterocycles. The number of likely N-dealkylation sites (N-methyl/N-ethyl adjacent to an activating group) is 1. The van der Waals surface area contributed by atoms with Crippen molar-refractivity contribution >= 4 is 10.0 Å². The molecule has 1 aromatic carbocycles. The van der Waals surface area contributed by atoms with Crippen molar-refractivity contribution in [1.82, 2.24) is 9.62 Å². The first-order valence-electron chi connectivity index (χ1n) is 6.90. The fraction of sp³-hybridized carbons (Fsp3) is 0.467. The van der Waals surface area contributed by atoms with E-state index in [1.54, 1.807) is 6.08 Å². The van der Waals surface area contributed by atoms with E-state index in [0.29, 0.717) is 13.1 Å². The summed E-state index contributed by atoms with van der Waals surface area (Å²) < 4.78 is 25.9. The zero-order valence-electron chi connectivity index (χ0n) is 12.3. The Bertz CT molecular complexity index is 509. The van der Waals surface area contributed by atoms with Crippen molar-refractivity contribution < 1.29 is 8.42 Å². The van der Waals surface area contributed by atoms with Crippen LogP contribution in [0.3, 0.4) is 0 Å². The summed E-state index contributed by atoms with van der Waals surface area (Å²) in [5.41, 5.74) is 1.97. The summed E-state index contributed by atoms with van der Waals surface area (Å²) in [6.45, 7) is 10.0. The maximum Gasteiger partial charge on any atom is 0.218 e. The molecule has 0 saturated heterocycles. The second-order valence-electron chi connectivity index (χ2n) is 4.59. The number of hydrogen-bond donors (Lipinski definition) is 1. The van der Waals surface area contributed by atoms with Crippen LogP contribution in [-0.2, 0) is 22.3 Å². The highest BCUT2D eigenvalue weighted by Crippen LogP contribution is 2.12. The van der Waals surface area contributed by atoms with Gasteiger partial charge < -0.3 is 5.32 Å². The fourth-order valence-corrected chi connectivity index (χ4v) is 3.43. The van der Waals surface area contributed by atoms with Crippen LogP contribution >= 0.6 is 0 Å². The maximum absolute atomic E-state index is 12.2. The monoisotopic (exact) mass is 296 g/mol. The van der Waals surface area contributed by atoms with Crippen molar-refractivity contribution in [2.24, 2.45) is 0 Å². The van der Waals surface area contributed by atoms with Crippen molar-refractivity contribution in [2.45, 2.75) is 26.1 Å². The van der Waals surface area contributed by atoms with Crippen LogP contribution in [0.2, 0.25) is 0 Å². The van der Waals surface area contributed by atoms with E-state index in [4.69, 9.17) is 0 Å². The molecule has 0 amide bonds. The molecule has 0 aliphatic rings. The number of rotatable bonds is 9. The average molecular weight is 296 g/mol. The van der Waals surface area contributed by atoms with Gasteiger partial charge in [-0.05, 0) is 17.7 Å². The van der Waals surface area contributed by atoms with Crippen molar-refractivity contribution in [3.8, 4) is 0 Å². The van der Waals surface area contributed by atoms with Crippen LogP contribution in [0.1, 0.15) is 25.0 Å². The molecule has 112 valence electrons. The molecule has 1 aromatic rings. The van der Waals surface area contributed by atoms with Gasteiger partial charge in [-0.1, -0.05) is 44.2 Å². The lowest BCUT2D eigenvalue weighted by atomic mass is 10.1. The molecule has 0 radical (unpaired) electrons. The molecule has 0 heterocycles. The largest absolute Gasteiger partial charge is 0.313 e. The number of benzene rings is 1. The van der Waals surface area contributed by atoms with Crippen molar-refractivity contribution in [3.05, 3.63) is 48.0 Å². The first kappa shape index (κ1) is 16.9. The number of nitrogens with zero attached hydrogens (tertiary/aromatic N) is 1. The molecule has 0 fully saturated rings. The molecular weight excluding hydrogens is 272 g/mol. The molecule has 0 unspecified atom stereocenters. The van der Waals surface area contributed by atoms with Crippen LogP contribution in [0.25, 0.3) is 0 Å². The predicted octanol–water partition coefficient (Wildman–Crippen LogP) is 2.13. The highest BCUT2D eigenvalue weighted by atomic mass is 32.2. The second kappa shape index (κ2) is 8.19. The molecule has 5 heteroatoms. The maximum atomic E-state index is 12.2. The van der Waals surface area contributed by atoms with Gasteiger partial charge in [0.15, 0.2) is 0 Å². The topological polar surface area (TPSA) is 49.4 Å². The standard InChI is InChI=1S/C15H24N2O2S/c1-4-11-17(6-3)20(18,19)13-15-9-7-14(8-10-15)12-16-5-2/h4,7-10,16H,1,5-6,11-13H2,2-3H3. The summed E-state index contributed by atoms with van der Waals surface area (Å²) in [5, 5.41) is 3.24. The van der Waals surface area contributed by atoms with E-state index >= 15 is 0 Å². The fourth-order valence-electron chi connectivity index (χ4n) is 1.91. The van der Waals surface area contributed by atoms with Crippen LogP contribution in [-0.4, -0.2) is 32.4 Å². The third kappa shape index (κ3) is 5.07. The van der Waals surface area contributed by atoms with Crippen LogP contribution in [0.15, 0.2) is 36.9 Å². The van der Waals surface area contributed by atoms with Gasteiger partial charge in [-0.15, -0.1) is 6.58 Å². The number of nitrogens with one attached hydrogen (secondary N) is 1. The molecule has 0 aromatic heterocycles. The van der Waals surface area contributed by atoms with E-state index in [-0.39, 0.29) is 5.75 Å². The summed E-state index contributed by atoms with van der Waals surface area (Å²) in [4.78, 5) is 0. The van der Waals surface area contributed by atoms with Crippen molar-refractivity contribution in [2.75, 3.05) is 19.6 Å². The van der Waals surface area contributed by atoms with Gasteiger partial charge in [-0.25, -0.2) is 8.42 Å². The Morgan fingerprint density at radius 3 is 2.30 bits per heavy atom. The predicted molar refractivity (Wildman–Crippen MR) is 83.9 cm³/mol. The first-order valence-corrected chi connectivity index (χ1v) is 8.51. The second-order valence-corrected chi connectivity index (χ2v) is 6.56. The Hall–Kier alpha value is -1.17. The van der Waals surface area contributed by atoms with E-state index in [9.17, 15) is 8.42 Å². The lowest BCUT2D eigenvalue weighted by molar-refractivity contribution is 0.459. The SMILES string of the molecule is C=CCN(CC)S(=O)(=O)Cc1ccc(CNCC)cc1. The van der Waals surface area contributed by atoms with Gasteiger partial charge in [-0.3, -0.25) is 0 Å². The quantitative estimate of drug-likeness (QED) is 0.710. The summed E-state index contributed by atoms with van der Waals surface area (Å²) in [6.07, 6.45) is 1.61. The third-order valence-corrected chi connectivity index (χ3v) is 4.92. The molecule has 1 rings (SSSR count). The molecule has 0 spiro atoms. The van der Waals surface area contributed by atoms with Gasteiger partial charge in [0.05, 0.1) is 5.75 Å². The van der Waals surface area contributed by atoms with Gasteiger partial charge in [0.25, 0.3) is 0 Å². The zero-order valence-corrected chi connectivity index (χ0v) is 13.1. The van der Waals surface area contributed by atoms with E-state index in [1.807, 2.05) is 31.2 Å². The Balaban J connectivity index is 2.74. The minimum atomic E-state index is -3.27. The lowest BCUT2D eigenvalue weighted by Gasteiger charge is -2.18. The van der Waals surface area contributed by atoms with Crippen LogP contribution in [0, 0.1) is 0 Å². The Morgan fingerprint density at radius 2 is 1.80 bits per heavy atom. The van der Waals surface area contributed by atoms with E-state index in [1.165, 1.54) is 4.31 Å². The van der Waals surface area contributed by atoms with Gasteiger partial charge in [-0.2, -0.15) is 4.31 Å². The highest BCUT2D eigenvalue weighted by molar-refractivity contribution is 7.88. The molecule has 1 N–H and O–H groups in total. The van der Waals surface area contributed by atoms with Gasteiger partial charge in [0.2, 0.25) is 10.0 Å². The van der Waals surface area contributed by atoms with Gasteiger partial charge in [0.1, 0.15) is 0 Å². The Morgan fingerprint density at radius 1 is 1.20 bits per heavy atom. The van der Waals surface area contributed by atoms with Gasteiger partial charge >= 0.3 is 0 Å². The van der Waals surface area contributed by atoms with Crippen molar-refractivity contribution in [1.29, 1.82) is 0 Å². The Labute approximate surface area is 122 Å². The summed E-state index contributed by atoms with van der Waals surface area (Å²) in [6, 6.07) is 7.70. The Kier molecular flexibility index (Phi) is 6.91. The third-order valence-electron chi connectivity index (χ3n) is 3.03. The molecule has 20 heavy (non-hydrogen) atoms.